The van der Waals surface area contributed by atoms with Crippen LogP contribution in [0.25, 0.3) is 0 Å². The highest BCUT2D eigenvalue weighted by molar-refractivity contribution is 7.92. The monoisotopic (exact) mass is 408 g/mol. The lowest BCUT2D eigenvalue weighted by Gasteiger charge is -2.15. The van der Waals surface area contributed by atoms with E-state index in [0.29, 0.717) is 12.2 Å². The number of nitrogens with one attached hydrogen (secondary N) is 2. The smallest absolute Gasteiger partial charge is 0.262 e. The first kappa shape index (κ1) is 20.7. The maximum absolute atomic E-state index is 12.7. The van der Waals surface area contributed by atoms with Crippen LogP contribution in [0.4, 0.5) is 11.4 Å². The number of rotatable bonds is 8. The standard InChI is InChI=1S/C17H20N4O4S2/c1-2-3-9-20-16-8-7-14(26(19,22)23)11-17(16)21-27(24,25)15-6-4-5-13(10-15)12-18/h4-8,10-11,20-21H,2-3,9H2,1H3,(H2,19,22,23). The topological polar surface area (TPSA) is 142 Å². The third-order valence-corrected chi connectivity index (χ3v) is 5.96. The van der Waals surface area contributed by atoms with E-state index in [1.54, 1.807) is 0 Å². The van der Waals surface area contributed by atoms with E-state index in [9.17, 15) is 16.8 Å². The summed E-state index contributed by atoms with van der Waals surface area (Å²) in [6, 6.07) is 11.3. The molecule has 0 aliphatic heterocycles. The fourth-order valence-corrected chi connectivity index (χ4v) is 3.93. The third kappa shape index (κ3) is 5.43. The van der Waals surface area contributed by atoms with Gasteiger partial charge in [-0.25, -0.2) is 22.0 Å². The Hall–Kier alpha value is -2.61. The van der Waals surface area contributed by atoms with Crippen molar-refractivity contribution in [2.45, 2.75) is 29.6 Å². The van der Waals surface area contributed by atoms with Crippen LogP contribution in [-0.4, -0.2) is 23.4 Å². The molecule has 0 aliphatic rings. The van der Waals surface area contributed by atoms with Crippen molar-refractivity contribution in [1.82, 2.24) is 0 Å². The van der Waals surface area contributed by atoms with Gasteiger partial charge in [-0.05, 0) is 42.8 Å². The molecule has 0 aliphatic carbocycles. The number of nitrogens with two attached hydrogens (primary N) is 1. The molecule has 2 aromatic rings. The van der Waals surface area contributed by atoms with Crippen LogP contribution in [0.15, 0.2) is 52.3 Å². The summed E-state index contributed by atoms with van der Waals surface area (Å²) in [5.74, 6) is 0. The maximum Gasteiger partial charge on any atom is 0.262 e. The first-order valence-electron chi connectivity index (χ1n) is 8.11. The minimum Gasteiger partial charge on any atom is -0.383 e. The molecule has 144 valence electrons. The average molecular weight is 409 g/mol. The predicted octanol–water partition coefficient (Wildman–Crippen LogP) is 2.22. The van der Waals surface area contributed by atoms with Crippen molar-refractivity contribution in [3.8, 4) is 6.07 Å². The van der Waals surface area contributed by atoms with Gasteiger partial charge in [-0.2, -0.15) is 5.26 Å². The van der Waals surface area contributed by atoms with Crippen molar-refractivity contribution in [1.29, 1.82) is 5.26 Å². The molecule has 0 bridgehead atoms. The summed E-state index contributed by atoms with van der Waals surface area (Å²) in [6.07, 6.45) is 1.79. The summed E-state index contributed by atoms with van der Waals surface area (Å²) in [4.78, 5) is -0.325. The Balaban J connectivity index is 2.45. The zero-order chi connectivity index (χ0) is 20.1. The lowest BCUT2D eigenvalue weighted by atomic mass is 10.2. The van der Waals surface area contributed by atoms with Gasteiger partial charge in [-0.15, -0.1) is 0 Å². The van der Waals surface area contributed by atoms with Crippen LogP contribution >= 0.6 is 0 Å². The highest BCUT2D eigenvalue weighted by atomic mass is 32.2. The van der Waals surface area contributed by atoms with E-state index in [1.807, 2.05) is 13.0 Å². The zero-order valence-electron chi connectivity index (χ0n) is 14.6. The summed E-state index contributed by atoms with van der Waals surface area (Å²) in [5, 5.41) is 17.2. The minimum atomic E-state index is -4.04. The van der Waals surface area contributed by atoms with Crippen LogP contribution in [0.5, 0.6) is 0 Å². The van der Waals surface area contributed by atoms with Crippen LogP contribution in [0.3, 0.4) is 0 Å². The molecule has 10 heteroatoms. The van der Waals surface area contributed by atoms with Crippen molar-refractivity contribution < 1.29 is 16.8 Å². The molecule has 4 N–H and O–H groups in total. The fraction of sp³-hybridized carbons (Fsp3) is 0.235. The van der Waals surface area contributed by atoms with Gasteiger partial charge in [0.2, 0.25) is 10.0 Å². The van der Waals surface area contributed by atoms with Crippen molar-refractivity contribution >= 4 is 31.4 Å². The molecule has 0 unspecified atom stereocenters. The van der Waals surface area contributed by atoms with Gasteiger partial charge >= 0.3 is 0 Å². The Kier molecular flexibility index (Phi) is 6.43. The van der Waals surface area contributed by atoms with Gasteiger partial charge in [0, 0.05) is 6.54 Å². The van der Waals surface area contributed by atoms with Crippen molar-refractivity contribution in [3.05, 3.63) is 48.0 Å². The number of nitrogens with zero attached hydrogens (tertiary/aromatic N) is 1. The Labute approximate surface area is 159 Å². The molecule has 0 amide bonds. The normalized spacial score (nSPS) is 11.6. The van der Waals surface area contributed by atoms with Crippen LogP contribution < -0.4 is 15.2 Å². The Morgan fingerprint density at radius 3 is 2.41 bits per heavy atom. The number of primary sulfonamides is 1. The molecule has 0 saturated heterocycles. The van der Waals surface area contributed by atoms with Gasteiger partial charge in [-0.3, -0.25) is 4.72 Å². The van der Waals surface area contributed by atoms with E-state index in [4.69, 9.17) is 10.4 Å². The van der Waals surface area contributed by atoms with Crippen LogP contribution in [0.1, 0.15) is 25.3 Å². The van der Waals surface area contributed by atoms with E-state index < -0.39 is 20.0 Å². The predicted molar refractivity (Wildman–Crippen MR) is 103 cm³/mol. The minimum absolute atomic E-state index is 0.0555. The molecule has 2 aromatic carbocycles. The summed E-state index contributed by atoms with van der Waals surface area (Å²) >= 11 is 0. The van der Waals surface area contributed by atoms with Gasteiger partial charge < -0.3 is 5.32 Å². The summed E-state index contributed by atoms with van der Waals surface area (Å²) in [7, 11) is -8.04. The molecule has 27 heavy (non-hydrogen) atoms. The zero-order valence-corrected chi connectivity index (χ0v) is 16.3. The van der Waals surface area contributed by atoms with Crippen molar-refractivity contribution in [2.75, 3.05) is 16.6 Å². The molecule has 0 saturated carbocycles. The maximum atomic E-state index is 12.7. The van der Waals surface area contributed by atoms with Crippen LogP contribution in [0, 0.1) is 11.3 Å². The number of unbranched alkanes of at least 4 members (excludes halogenated alkanes) is 1. The SMILES string of the molecule is CCCCNc1ccc(S(N)(=O)=O)cc1NS(=O)(=O)c1cccc(C#N)c1. The summed E-state index contributed by atoms with van der Waals surface area (Å²) in [6.45, 7) is 2.60. The summed E-state index contributed by atoms with van der Waals surface area (Å²) < 4.78 is 51.0. The van der Waals surface area contributed by atoms with Gasteiger partial charge in [0.05, 0.1) is 32.8 Å². The van der Waals surface area contributed by atoms with E-state index in [-0.39, 0.29) is 21.0 Å². The second kappa shape index (κ2) is 8.39. The van der Waals surface area contributed by atoms with Gasteiger partial charge in [0.15, 0.2) is 0 Å². The van der Waals surface area contributed by atoms with E-state index in [0.717, 1.165) is 18.9 Å². The van der Waals surface area contributed by atoms with Crippen molar-refractivity contribution in [3.63, 3.8) is 0 Å². The molecule has 0 atom stereocenters. The lowest BCUT2D eigenvalue weighted by Crippen LogP contribution is -2.17. The molecule has 8 nitrogen and oxygen atoms in total. The number of sulfonamides is 2. The number of anilines is 2. The lowest BCUT2D eigenvalue weighted by molar-refractivity contribution is 0.596. The van der Waals surface area contributed by atoms with Crippen LogP contribution in [0.2, 0.25) is 0 Å². The molecule has 0 spiro atoms. The molecule has 0 aromatic heterocycles. The first-order chi connectivity index (χ1) is 12.7. The molecular formula is C17H20N4O4S2. The number of hydrogen-bond acceptors (Lipinski definition) is 6. The highest BCUT2D eigenvalue weighted by Gasteiger charge is 2.19. The largest absolute Gasteiger partial charge is 0.383 e. The molecular weight excluding hydrogens is 388 g/mol. The molecule has 0 fully saturated rings. The van der Waals surface area contributed by atoms with E-state index in [2.05, 4.69) is 10.0 Å². The van der Waals surface area contributed by atoms with Gasteiger partial charge in [0.25, 0.3) is 10.0 Å². The second-order valence-electron chi connectivity index (χ2n) is 5.78. The Bertz CT molecular complexity index is 1070. The van der Waals surface area contributed by atoms with E-state index in [1.165, 1.54) is 36.4 Å². The number of benzene rings is 2. The fourth-order valence-electron chi connectivity index (χ4n) is 2.28. The molecule has 0 heterocycles. The molecule has 2 rings (SSSR count). The van der Waals surface area contributed by atoms with Gasteiger partial charge in [-0.1, -0.05) is 19.4 Å². The first-order valence-corrected chi connectivity index (χ1v) is 11.1. The summed E-state index contributed by atoms with van der Waals surface area (Å²) in [5.41, 5.74) is 0.674. The van der Waals surface area contributed by atoms with Crippen molar-refractivity contribution in [2.24, 2.45) is 5.14 Å². The van der Waals surface area contributed by atoms with Crippen LogP contribution in [-0.2, 0) is 20.0 Å². The Morgan fingerprint density at radius 1 is 1.04 bits per heavy atom. The van der Waals surface area contributed by atoms with Gasteiger partial charge in [0.1, 0.15) is 0 Å². The highest BCUT2D eigenvalue weighted by Crippen LogP contribution is 2.28. The average Bonchev–Trinajstić information content (AvgIpc) is 2.62. The quantitative estimate of drug-likeness (QED) is 0.572. The number of nitriles is 1. The third-order valence-electron chi connectivity index (χ3n) is 3.68. The second-order valence-corrected chi connectivity index (χ2v) is 9.02. The van der Waals surface area contributed by atoms with E-state index >= 15 is 0 Å². The number of hydrogen-bond donors (Lipinski definition) is 3. The Morgan fingerprint density at radius 2 is 1.78 bits per heavy atom. The molecule has 0 radical (unpaired) electrons.